The van der Waals surface area contributed by atoms with Crippen molar-refractivity contribution in [2.45, 2.75) is 25.8 Å². The van der Waals surface area contributed by atoms with Gasteiger partial charge in [0.05, 0.1) is 12.5 Å². The van der Waals surface area contributed by atoms with E-state index in [4.69, 9.17) is 9.84 Å². The summed E-state index contributed by atoms with van der Waals surface area (Å²) in [6.45, 7) is 3.93. The highest BCUT2D eigenvalue weighted by Gasteiger charge is 2.30. The first kappa shape index (κ1) is 11.5. The van der Waals surface area contributed by atoms with Gasteiger partial charge in [-0.15, -0.1) is 0 Å². The van der Waals surface area contributed by atoms with Gasteiger partial charge in [0.15, 0.2) is 0 Å². The molecule has 0 spiro atoms. The van der Waals surface area contributed by atoms with E-state index in [0.29, 0.717) is 19.2 Å². The van der Waals surface area contributed by atoms with Crippen LogP contribution in [0.3, 0.4) is 0 Å². The minimum atomic E-state index is -0.715. The molecule has 1 saturated carbocycles. The maximum absolute atomic E-state index is 10.7. The Labute approximate surface area is 84.8 Å². The van der Waals surface area contributed by atoms with Crippen molar-refractivity contribution in [3.8, 4) is 0 Å². The van der Waals surface area contributed by atoms with Crippen LogP contribution in [0.1, 0.15) is 19.8 Å². The van der Waals surface area contributed by atoms with Crippen molar-refractivity contribution in [2.24, 2.45) is 5.92 Å². The molecule has 1 fully saturated rings. The first-order valence-electron chi connectivity index (χ1n) is 5.11. The van der Waals surface area contributed by atoms with Gasteiger partial charge < -0.3 is 9.84 Å². The molecule has 1 aliphatic rings. The number of carboxylic acid groups (broad SMARTS) is 1. The molecule has 0 radical (unpaired) electrons. The number of methoxy groups -OCH3 is 1. The standard InChI is InChI=1S/C10H19NO3/c1-8(10(12)13)7-11(5-6-14-2)9-3-4-9/h8-9H,3-7H2,1-2H3,(H,12,13). The third-order valence-electron chi connectivity index (χ3n) is 2.58. The van der Waals surface area contributed by atoms with Crippen molar-refractivity contribution in [3.63, 3.8) is 0 Å². The zero-order valence-electron chi connectivity index (χ0n) is 8.90. The predicted molar refractivity (Wildman–Crippen MR) is 53.3 cm³/mol. The lowest BCUT2D eigenvalue weighted by molar-refractivity contribution is -0.141. The van der Waals surface area contributed by atoms with Crippen LogP contribution in [-0.2, 0) is 9.53 Å². The first-order valence-corrected chi connectivity index (χ1v) is 5.11. The van der Waals surface area contributed by atoms with Gasteiger partial charge in [0.2, 0.25) is 0 Å². The Kier molecular flexibility index (Phi) is 4.35. The molecule has 1 N–H and O–H groups in total. The van der Waals surface area contributed by atoms with Crippen LogP contribution in [0.25, 0.3) is 0 Å². The highest BCUT2D eigenvalue weighted by atomic mass is 16.5. The Morgan fingerprint density at radius 2 is 2.29 bits per heavy atom. The summed E-state index contributed by atoms with van der Waals surface area (Å²) in [7, 11) is 1.67. The van der Waals surface area contributed by atoms with Gasteiger partial charge in [-0.2, -0.15) is 0 Å². The number of nitrogens with zero attached hydrogens (tertiary/aromatic N) is 1. The summed E-state index contributed by atoms with van der Waals surface area (Å²) in [5.74, 6) is -1.000. The molecular weight excluding hydrogens is 182 g/mol. The largest absolute Gasteiger partial charge is 0.481 e. The van der Waals surface area contributed by atoms with E-state index in [-0.39, 0.29) is 5.92 Å². The molecule has 0 aromatic heterocycles. The van der Waals surface area contributed by atoms with Gasteiger partial charge in [-0.3, -0.25) is 9.69 Å². The Bertz CT molecular complexity index is 192. The van der Waals surface area contributed by atoms with Crippen molar-refractivity contribution < 1.29 is 14.6 Å². The minimum absolute atomic E-state index is 0.285. The monoisotopic (exact) mass is 201 g/mol. The summed E-state index contributed by atoms with van der Waals surface area (Å²) in [6, 6.07) is 0.604. The molecule has 0 aliphatic heterocycles. The van der Waals surface area contributed by atoms with E-state index in [1.165, 1.54) is 12.8 Å². The van der Waals surface area contributed by atoms with Crippen LogP contribution < -0.4 is 0 Å². The fourth-order valence-electron chi connectivity index (χ4n) is 1.50. The summed E-state index contributed by atoms with van der Waals surface area (Å²) in [5, 5.41) is 8.80. The van der Waals surface area contributed by atoms with Crippen molar-refractivity contribution in [2.75, 3.05) is 26.8 Å². The molecular formula is C10H19NO3. The molecule has 1 atom stereocenters. The second-order valence-electron chi connectivity index (χ2n) is 3.96. The first-order chi connectivity index (χ1) is 6.65. The fraction of sp³-hybridized carbons (Fsp3) is 0.900. The van der Waals surface area contributed by atoms with Crippen LogP contribution in [0, 0.1) is 5.92 Å². The summed E-state index contributed by atoms with van der Waals surface area (Å²) >= 11 is 0. The van der Waals surface area contributed by atoms with Gasteiger partial charge in [-0.25, -0.2) is 0 Å². The zero-order valence-corrected chi connectivity index (χ0v) is 8.90. The quantitative estimate of drug-likeness (QED) is 0.662. The molecule has 4 nitrogen and oxygen atoms in total. The number of hydrogen-bond donors (Lipinski definition) is 1. The molecule has 1 unspecified atom stereocenters. The summed E-state index contributed by atoms with van der Waals surface area (Å²) < 4.78 is 5.00. The van der Waals surface area contributed by atoms with Crippen LogP contribution in [0.4, 0.5) is 0 Å². The number of hydrogen-bond acceptors (Lipinski definition) is 3. The molecule has 0 aromatic rings. The summed E-state index contributed by atoms with van der Waals surface area (Å²) in [4.78, 5) is 12.9. The predicted octanol–water partition coefficient (Wildman–Crippen LogP) is 0.818. The molecule has 14 heavy (non-hydrogen) atoms. The van der Waals surface area contributed by atoms with Gasteiger partial charge >= 0.3 is 5.97 Å². The van der Waals surface area contributed by atoms with E-state index >= 15 is 0 Å². The summed E-state index contributed by atoms with van der Waals surface area (Å²) in [6.07, 6.45) is 2.41. The van der Waals surface area contributed by atoms with E-state index in [1.54, 1.807) is 14.0 Å². The molecule has 82 valence electrons. The molecule has 0 amide bonds. The van der Waals surface area contributed by atoms with E-state index in [9.17, 15) is 4.79 Å². The second kappa shape index (κ2) is 5.32. The zero-order chi connectivity index (χ0) is 10.6. The molecule has 0 bridgehead atoms. The van der Waals surface area contributed by atoms with E-state index in [2.05, 4.69) is 4.90 Å². The van der Waals surface area contributed by atoms with Crippen molar-refractivity contribution in [3.05, 3.63) is 0 Å². The maximum atomic E-state index is 10.7. The van der Waals surface area contributed by atoms with Crippen molar-refractivity contribution in [1.82, 2.24) is 4.90 Å². The third kappa shape index (κ3) is 3.64. The lowest BCUT2D eigenvalue weighted by Gasteiger charge is -2.23. The van der Waals surface area contributed by atoms with E-state index < -0.39 is 5.97 Å². The number of aliphatic carboxylic acids is 1. The Hall–Kier alpha value is -0.610. The maximum Gasteiger partial charge on any atom is 0.307 e. The Morgan fingerprint density at radius 1 is 1.64 bits per heavy atom. The molecule has 4 heteroatoms. The number of carbonyl (C=O) groups is 1. The smallest absolute Gasteiger partial charge is 0.307 e. The van der Waals surface area contributed by atoms with E-state index in [1.807, 2.05) is 0 Å². The topological polar surface area (TPSA) is 49.8 Å². The van der Waals surface area contributed by atoms with Crippen LogP contribution in [0.15, 0.2) is 0 Å². The number of ether oxygens (including phenoxy) is 1. The Morgan fingerprint density at radius 3 is 2.71 bits per heavy atom. The van der Waals surface area contributed by atoms with Gasteiger partial charge in [0, 0.05) is 26.2 Å². The highest BCUT2D eigenvalue weighted by Crippen LogP contribution is 2.27. The van der Waals surface area contributed by atoms with Gasteiger partial charge in [-0.05, 0) is 12.8 Å². The molecule has 0 aromatic carbocycles. The molecule has 0 heterocycles. The lowest BCUT2D eigenvalue weighted by Crippen LogP contribution is -2.35. The van der Waals surface area contributed by atoms with Gasteiger partial charge in [0.25, 0.3) is 0 Å². The second-order valence-corrected chi connectivity index (χ2v) is 3.96. The SMILES string of the molecule is COCCN(CC(C)C(=O)O)C1CC1. The van der Waals surface area contributed by atoms with Gasteiger partial charge in [0.1, 0.15) is 0 Å². The minimum Gasteiger partial charge on any atom is -0.481 e. The lowest BCUT2D eigenvalue weighted by atomic mass is 10.1. The van der Waals surface area contributed by atoms with Crippen LogP contribution in [-0.4, -0.2) is 48.8 Å². The summed E-state index contributed by atoms with van der Waals surface area (Å²) in [5.41, 5.74) is 0. The third-order valence-corrected chi connectivity index (χ3v) is 2.58. The van der Waals surface area contributed by atoms with Crippen LogP contribution in [0.5, 0.6) is 0 Å². The number of rotatable bonds is 7. The average Bonchev–Trinajstić information content (AvgIpc) is 2.94. The van der Waals surface area contributed by atoms with Gasteiger partial charge in [-0.1, -0.05) is 6.92 Å². The molecule has 1 rings (SSSR count). The highest BCUT2D eigenvalue weighted by molar-refractivity contribution is 5.69. The molecule has 0 saturated heterocycles. The molecule has 1 aliphatic carbocycles. The number of carboxylic acids is 1. The van der Waals surface area contributed by atoms with Crippen molar-refractivity contribution in [1.29, 1.82) is 0 Å². The van der Waals surface area contributed by atoms with E-state index in [0.717, 1.165) is 6.54 Å². The van der Waals surface area contributed by atoms with Crippen molar-refractivity contribution >= 4 is 5.97 Å². The van der Waals surface area contributed by atoms with Crippen LogP contribution >= 0.6 is 0 Å². The Balaban J connectivity index is 2.30. The normalized spacial score (nSPS) is 18.5. The van der Waals surface area contributed by atoms with Crippen LogP contribution in [0.2, 0.25) is 0 Å². The average molecular weight is 201 g/mol. The fourth-order valence-corrected chi connectivity index (χ4v) is 1.50.